The summed E-state index contributed by atoms with van der Waals surface area (Å²) in [6, 6.07) is 17.5. The maximum atomic E-state index is 12.6. The number of amides is 1. The molecule has 5 nitrogen and oxygen atoms in total. The summed E-state index contributed by atoms with van der Waals surface area (Å²) in [5, 5.41) is 6.20. The molecule has 1 atom stereocenters. The highest BCUT2D eigenvalue weighted by atomic mass is 16.4. The molecule has 2 N–H and O–H groups in total. The maximum Gasteiger partial charge on any atom is 0.242 e. The van der Waals surface area contributed by atoms with Gasteiger partial charge < -0.3 is 15.1 Å². The third kappa shape index (κ3) is 3.32. The number of hydrogen-bond acceptors (Lipinski definition) is 4. The second-order valence-corrected chi connectivity index (χ2v) is 6.04. The molecule has 0 bridgehead atoms. The molecule has 0 aliphatic carbocycles. The number of nitrogens with one attached hydrogen (secondary N) is 2. The third-order valence-corrected chi connectivity index (χ3v) is 4.40. The molecular formula is C20H19N3O2. The summed E-state index contributed by atoms with van der Waals surface area (Å²) in [6.07, 6.45) is 2.63. The zero-order chi connectivity index (χ0) is 17.1. The van der Waals surface area contributed by atoms with Crippen molar-refractivity contribution in [1.29, 1.82) is 0 Å². The molecule has 126 valence electrons. The van der Waals surface area contributed by atoms with Crippen LogP contribution in [0.15, 0.2) is 65.2 Å². The lowest BCUT2D eigenvalue weighted by atomic mass is 9.94. The van der Waals surface area contributed by atoms with Crippen LogP contribution in [0.5, 0.6) is 0 Å². The molecule has 1 aliphatic rings. The van der Waals surface area contributed by atoms with Gasteiger partial charge in [0.15, 0.2) is 5.76 Å². The highest BCUT2D eigenvalue weighted by Gasteiger charge is 2.25. The maximum absolute atomic E-state index is 12.6. The molecular weight excluding hydrogens is 314 g/mol. The van der Waals surface area contributed by atoms with Crippen molar-refractivity contribution in [3.8, 4) is 11.3 Å². The van der Waals surface area contributed by atoms with Crippen molar-refractivity contribution >= 4 is 5.91 Å². The summed E-state index contributed by atoms with van der Waals surface area (Å²) in [6.45, 7) is 1.07. The van der Waals surface area contributed by atoms with Gasteiger partial charge in [0.25, 0.3) is 0 Å². The lowest BCUT2D eigenvalue weighted by molar-refractivity contribution is -0.123. The minimum Gasteiger partial charge on any atom is -0.439 e. The van der Waals surface area contributed by atoms with Crippen molar-refractivity contribution in [2.45, 2.75) is 19.0 Å². The van der Waals surface area contributed by atoms with Crippen molar-refractivity contribution in [3.63, 3.8) is 0 Å². The second kappa shape index (κ2) is 6.91. The van der Waals surface area contributed by atoms with Gasteiger partial charge in [-0.05, 0) is 17.5 Å². The molecule has 5 heteroatoms. The molecule has 0 unspecified atom stereocenters. The van der Waals surface area contributed by atoms with E-state index in [2.05, 4.69) is 21.7 Å². The number of oxazole rings is 1. The lowest BCUT2D eigenvalue weighted by Gasteiger charge is -2.25. The fourth-order valence-corrected chi connectivity index (χ4v) is 3.13. The molecule has 0 radical (unpaired) electrons. The fraction of sp³-hybridized carbons (Fsp3) is 0.200. The van der Waals surface area contributed by atoms with E-state index in [1.165, 1.54) is 5.56 Å². The Morgan fingerprint density at radius 2 is 1.96 bits per heavy atom. The summed E-state index contributed by atoms with van der Waals surface area (Å²) >= 11 is 0. The van der Waals surface area contributed by atoms with Crippen molar-refractivity contribution < 1.29 is 9.21 Å². The van der Waals surface area contributed by atoms with Crippen LogP contribution in [0.1, 0.15) is 23.1 Å². The summed E-state index contributed by atoms with van der Waals surface area (Å²) in [5.74, 6) is 1.13. The molecule has 0 saturated carbocycles. The molecule has 1 aromatic heterocycles. The van der Waals surface area contributed by atoms with Crippen LogP contribution in [0.3, 0.4) is 0 Å². The van der Waals surface area contributed by atoms with Gasteiger partial charge >= 0.3 is 0 Å². The van der Waals surface area contributed by atoms with Crippen LogP contribution in [-0.4, -0.2) is 17.4 Å². The van der Waals surface area contributed by atoms with Gasteiger partial charge in [0.05, 0.1) is 12.7 Å². The van der Waals surface area contributed by atoms with Crippen LogP contribution in [0.4, 0.5) is 0 Å². The van der Waals surface area contributed by atoms with Crippen molar-refractivity contribution in [1.82, 2.24) is 15.6 Å². The van der Waals surface area contributed by atoms with E-state index in [0.29, 0.717) is 11.7 Å². The molecule has 0 fully saturated rings. The number of carbonyl (C=O) groups excluding carboxylic acids is 1. The van der Waals surface area contributed by atoms with Crippen LogP contribution in [0.25, 0.3) is 11.3 Å². The predicted octanol–water partition coefficient (Wildman–Crippen LogP) is 2.84. The summed E-state index contributed by atoms with van der Waals surface area (Å²) in [7, 11) is 0. The van der Waals surface area contributed by atoms with Crippen LogP contribution in [0, 0.1) is 0 Å². The Morgan fingerprint density at radius 3 is 2.84 bits per heavy atom. The van der Waals surface area contributed by atoms with E-state index >= 15 is 0 Å². The summed E-state index contributed by atoms with van der Waals surface area (Å²) in [4.78, 5) is 16.8. The van der Waals surface area contributed by atoms with E-state index in [1.807, 2.05) is 48.5 Å². The Hall–Kier alpha value is -2.92. The zero-order valence-electron chi connectivity index (χ0n) is 13.7. The van der Waals surface area contributed by atoms with E-state index in [0.717, 1.165) is 24.1 Å². The number of carbonyl (C=O) groups is 1. The molecule has 4 rings (SSSR count). The molecule has 0 spiro atoms. The first-order valence-electron chi connectivity index (χ1n) is 8.40. The Labute approximate surface area is 146 Å². The Balaban J connectivity index is 1.42. The molecule has 25 heavy (non-hydrogen) atoms. The largest absolute Gasteiger partial charge is 0.439 e. The van der Waals surface area contributed by atoms with Crippen LogP contribution >= 0.6 is 0 Å². The van der Waals surface area contributed by atoms with Crippen LogP contribution in [-0.2, 0) is 17.8 Å². The molecule has 2 aromatic carbocycles. The standard InChI is InChI=1S/C20H19N3O2/c24-20(19-16-9-5-4-6-14(16)10-11-21-19)23-13-18-22-12-17(25-18)15-7-2-1-3-8-15/h1-9,12,19,21H,10-11,13H2,(H,23,24)/t19-/m0/s1. The molecule has 0 saturated heterocycles. The van der Waals surface area contributed by atoms with Crippen molar-refractivity contribution in [3.05, 3.63) is 77.8 Å². The molecule has 1 amide bonds. The molecule has 1 aliphatic heterocycles. The van der Waals surface area contributed by atoms with Gasteiger partial charge in [-0.25, -0.2) is 4.98 Å². The van der Waals surface area contributed by atoms with Crippen LogP contribution < -0.4 is 10.6 Å². The number of nitrogens with zero attached hydrogens (tertiary/aromatic N) is 1. The summed E-state index contributed by atoms with van der Waals surface area (Å²) in [5.41, 5.74) is 3.24. The molecule has 3 aromatic rings. The number of rotatable bonds is 4. The average molecular weight is 333 g/mol. The van der Waals surface area contributed by atoms with E-state index in [9.17, 15) is 4.79 Å². The van der Waals surface area contributed by atoms with E-state index < -0.39 is 0 Å². The first kappa shape index (κ1) is 15.6. The topological polar surface area (TPSA) is 67.2 Å². The first-order valence-corrected chi connectivity index (χ1v) is 8.40. The van der Waals surface area contributed by atoms with Crippen molar-refractivity contribution in [2.24, 2.45) is 0 Å². The Bertz CT molecular complexity index is 873. The predicted molar refractivity (Wildman–Crippen MR) is 94.7 cm³/mol. The normalized spacial score (nSPS) is 16.2. The zero-order valence-corrected chi connectivity index (χ0v) is 13.7. The van der Waals surface area contributed by atoms with Gasteiger partial charge in [-0.1, -0.05) is 54.6 Å². The highest BCUT2D eigenvalue weighted by Crippen LogP contribution is 2.23. The van der Waals surface area contributed by atoms with Gasteiger partial charge in [-0.3, -0.25) is 4.79 Å². The SMILES string of the molecule is O=C(NCc1ncc(-c2ccccc2)o1)[C@H]1NCCc2ccccc21. The number of hydrogen-bond donors (Lipinski definition) is 2. The lowest BCUT2D eigenvalue weighted by Crippen LogP contribution is -2.41. The number of aromatic nitrogens is 1. The number of fused-ring (bicyclic) bond motifs is 1. The van der Waals surface area contributed by atoms with Crippen LogP contribution in [0.2, 0.25) is 0 Å². The summed E-state index contributed by atoms with van der Waals surface area (Å²) < 4.78 is 5.73. The first-order chi connectivity index (χ1) is 12.3. The monoisotopic (exact) mass is 333 g/mol. The quantitative estimate of drug-likeness (QED) is 0.770. The van der Waals surface area contributed by atoms with Crippen molar-refractivity contribution in [2.75, 3.05) is 6.54 Å². The van der Waals surface area contributed by atoms with Gasteiger partial charge in [0, 0.05) is 12.1 Å². The van der Waals surface area contributed by atoms with E-state index in [1.54, 1.807) is 6.20 Å². The average Bonchev–Trinajstić information content (AvgIpc) is 3.15. The van der Waals surface area contributed by atoms with E-state index in [4.69, 9.17) is 4.42 Å². The van der Waals surface area contributed by atoms with E-state index in [-0.39, 0.29) is 18.5 Å². The molecule has 2 heterocycles. The highest BCUT2D eigenvalue weighted by molar-refractivity contribution is 5.83. The van der Waals surface area contributed by atoms with Gasteiger partial charge in [0.2, 0.25) is 11.8 Å². The smallest absolute Gasteiger partial charge is 0.242 e. The third-order valence-electron chi connectivity index (χ3n) is 4.40. The fourth-order valence-electron chi connectivity index (χ4n) is 3.13. The number of benzene rings is 2. The van der Waals surface area contributed by atoms with Gasteiger partial charge in [-0.15, -0.1) is 0 Å². The van der Waals surface area contributed by atoms with Gasteiger partial charge in [0.1, 0.15) is 6.04 Å². The second-order valence-electron chi connectivity index (χ2n) is 6.04. The van der Waals surface area contributed by atoms with Gasteiger partial charge in [-0.2, -0.15) is 0 Å². The Kier molecular flexibility index (Phi) is 4.31. The Morgan fingerprint density at radius 1 is 1.16 bits per heavy atom. The minimum atomic E-state index is -0.325. The minimum absolute atomic E-state index is 0.0633.